The standard InChI is InChI=1S/C22H27N3O4/c1-15(23-22(28)17-8-6-5-7-9-17)14-20(26)29-16(2)21(27)24-18-10-12-19(13-11-18)25(3)4/h5-13,15-16H,14H2,1-4H3,(H,23,28)(H,24,27). The number of amides is 2. The van der Waals surface area contributed by atoms with E-state index in [-0.39, 0.29) is 12.3 Å². The highest BCUT2D eigenvalue weighted by atomic mass is 16.5. The van der Waals surface area contributed by atoms with Crippen molar-refractivity contribution < 1.29 is 19.1 Å². The number of carbonyl (C=O) groups excluding carboxylic acids is 3. The Hall–Kier alpha value is -3.35. The van der Waals surface area contributed by atoms with Gasteiger partial charge in [0, 0.05) is 37.1 Å². The van der Waals surface area contributed by atoms with E-state index in [0.29, 0.717) is 11.3 Å². The molecule has 0 aromatic heterocycles. The summed E-state index contributed by atoms with van der Waals surface area (Å²) in [6.45, 7) is 3.22. The van der Waals surface area contributed by atoms with Crippen molar-refractivity contribution in [1.29, 1.82) is 0 Å². The van der Waals surface area contributed by atoms with Crippen LogP contribution in [-0.4, -0.2) is 44.0 Å². The number of nitrogens with zero attached hydrogens (tertiary/aromatic N) is 1. The van der Waals surface area contributed by atoms with Crippen LogP contribution in [0.5, 0.6) is 0 Å². The summed E-state index contributed by atoms with van der Waals surface area (Å²) in [5.74, 6) is -1.24. The number of hydrogen-bond donors (Lipinski definition) is 2. The second-order valence-electron chi connectivity index (χ2n) is 7.01. The van der Waals surface area contributed by atoms with Crippen LogP contribution in [0.3, 0.4) is 0 Å². The van der Waals surface area contributed by atoms with E-state index in [1.54, 1.807) is 43.3 Å². The van der Waals surface area contributed by atoms with Gasteiger partial charge in [0.2, 0.25) is 0 Å². The molecule has 0 saturated heterocycles. The van der Waals surface area contributed by atoms with E-state index < -0.39 is 24.0 Å². The minimum atomic E-state index is -0.951. The molecule has 7 nitrogen and oxygen atoms in total. The number of benzene rings is 2. The van der Waals surface area contributed by atoms with Crippen molar-refractivity contribution in [1.82, 2.24) is 5.32 Å². The Morgan fingerprint density at radius 1 is 0.966 bits per heavy atom. The molecule has 154 valence electrons. The zero-order valence-corrected chi connectivity index (χ0v) is 17.1. The highest BCUT2D eigenvalue weighted by Crippen LogP contribution is 2.16. The first-order valence-corrected chi connectivity index (χ1v) is 9.40. The molecule has 0 aliphatic heterocycles. The van der Waals surface area contributed by atoms with Gasteiger partial charge in [0.1, 0.15) is 0 Å². The molecule has 0 fully saturated rings. The monoisotopic (exact) mass is 397 g/mol. The first-order chi connectivity index (χ1) is 13.8. The summed E-state index contributed by atoms with van der Waals surface area (Å²) in [4.78, 5) is 38.4. The SMILES string of the molecule is CC(CC(=O)OC(C)C(=O)Nc1ccc(N(C)C)cc1)NC(=O)c1ccccc1. The first-order valence-electron chi connectivity index (χ1n) is 9.40. The predicted octanol–water partition coefficient (Wildman–Crippen LogP) is 2.83. The molecule has 0 bridgehead atoms. The van der Waals surface area contributed by atoms with Gasteiger partial charge in [-0.1, -0.05) is 18.2 Å². The second kappa shape index (κ2) is 10.3. The Bertz CT molecular complexity index is 835. The van der Waals surface area contributed by atoms with Crippen LogP contribution in [0.4, 0.5) is 11.4 Å². The molecule has 0 spiro atoms. The number of ether oxygens (including phenoxy) is 1. The van der Waals surface area contributed by atoms with Gasteiger partial charge in [0.15, 0.2) is 6.10 Å². The zero-order chi connectivity index (χ0) is 21.4. The summed E-state index contributed by atoms with van der Waals surface area (Å²) in [5, 5.41) is 5.46. The van der Waals surface area contributed by atoms with Crippen molar-refractivity contribution in [3.8, 4) is 0 Å². The van der Waals surface area contributed by atoms with Crippen molar-refractivity contribution in [3.63, 3.8) is 0 Å². The lowest BCUT2D eigenvalue weighted by Gasteiger charge is -2.17. The maximum atomic E-state index is 12.2. The lowest BCUT2D eigenvalue weighted by molar-refractivity contribution is -0.153. The van der Waals surface area contributed by atoms with Crippen molar-refractivity contribution in [2.45, 2.75) is 32.4 Å². The van der Waals surface area contributed by atoms with Crippen LogP contribution in [-0.2, 0) is 14.3 Å². The van der Waals surface area contributed by atoms with E-state index in [4.69, 9.17) is 4.74 Å². The quantitative estimate of drug-likeness (QED) is 0.669. The molecule has 2 aromatic carbocycles. The minimum Gasteiger partial charge on any atom is -0.452 e. The lowest BCUT2D eigenvalue weighted by atomic mass is 10.2. The van der Waals surface area contributed by atoms with E-state index >= 15 is 0 Å². The number of carbonyl (C=O) groups is 3. The topological polar surface area (TPSA) is 87.7 Å². The van der Waals surface area contributed by atoms with Crippen LogP contribution in [0.25, 0.3) is 0 Å². The number of esters is 1. The Kier molecular flexibility index (Phi) is 7.77. The molecule has 2 N–H and O–H groups in total. The van der Waals surface area contributed by atoms with Gasteiger partial charge in [-0.15, -0.1) is 0 Å². The average molecular weight is 397 g/mol. The van der Waals surface area contributed by atoms with Crippen LogP contribution in [0.2, 0.25) is 0 Å². The number of anilines is 2. The fraction of sp³-hybridized carbons (Fsp3) is 0.318. The summed E-state index contributed by atoms with van der Waals surface area (Å²) in [6.07, 6.45) is -0.985. The molecule has 0 heterocycles. The van der Waals surface area contributed by atoms with Crippen molar-refractivity contribution >= 4 is 29.2 Å². The Morgan fingerprint density at radius 3 is 2.17 bits per heavy atom. The smallest absolute Gasteiger partial charge is 0.308 e. The van der Waals surface area contributed by atoms with E-state index in [1.807, 2.05) is 37.2 Å². The molecule has 7 heteroatoms. The summed E-state index contributed by atoms with van der Waals surface area (Å²) in [7, 11) is 3.86. The molecule has 2 rings (SSSR count). The molecule has 2 atom stereocenters. The van der Waals surface area contributed by atoms with Crippen LogP contribution < -0.4 is 15.5 Å². The molecule has 0 aliphatic carbocycles. The fourth-order valence-corrected chi connectivity index (χ4v) is 2.58. The van der Waals surface area contributed by atoms with E-state index in [1.165, 1.54) is 6.92 Å². The molecule has 2 unspecified atom stereocenters. The van der Waals surface area contributed by atoms with E-state index in [9.17, 15) is 14.4 Å². The van der Waals surface area contributed by atoms with Gasteiger partial charge in [-0.25, -0.2) is 0 Å². The van der Waals surface area contributed by atoms with Crippen molar-refractivity contribution in [3.05, 3.63) is 60.2 Å². The van der Waals surface area contributed by atoms with E-state index in [0.717, 1.165) is 5.69 Å². The summed E-state index contributed by atoms with van der Waals surface area (Å²) >= 11 is 0. The van der Waals surface area contributed by atoms with Gasteiger partial charge in [0.05, 0.1) is 6.42 Å². The van der Waals surface area contributed by atoms with Gasteiger partial charge >= 0.3 is 5.97 Å². The largest absolute Gasteiger partial charge is 0.452 e. The Morgan fingerprint density at radius 2 is 1.59 bits per heavy atom. The molecule has 0 radical (unpaired) electrons. The van der Waals surface area contributed by atoms with Crippen LogP contribution in [0, 0.1) is 0 Å². The summed E-state index contributed by atoms with van der Waals surface area (Å²) < 4.78 is 5.19. The first kappa shape index (κ1) is 21.9. The van der Waals surface area contributed by atoms with Gasteiger partial charge in [-0.05, 0) is 50.2 Å². The molecular weight excluding hydrogens is 370 g/mol. The molecular formula is C22H27N3O4. The molecule has 0 saturated carbocycles. The molecule has 0 aliphatic rings. The fourth-order valence-electron chi connectivity index (χ4n) is 2.58. The van der Waals surface area contributed by atoms with Crippen LogP contribution >= 0.6 is 0 Å². The Labute approximate surface area is 171 Å². The zero-order valence-electron chi connectivity index (χ0n) is 17.1. The minimum absolute atomic E-state index is 0.0340. The van der Waals surface area contributed by atoms with Gasteiger partial charge < -0.3 is 20.3 Å². The maximum absolute atomic E-state index is 12.2. The van der Waals surface area contributed by atoms with E-state index in [2.05, 4.69) is 10.6 Å². The van der Waals surface area contributed by atoms with Crippen molar-refractivity contribution in [2.75, 3.05) is 24.3 Å². The van der Waals surface area contributed by atoms with Gasteiger partial charge in [-0.3, -0.25) is 14.4 Å². The third-order valence-electron chi connectivity index (χ3n) is 4.22. The second-order valence-corrected chi connectivity index (χ2v) is 7.01. The molecule has 2 aromatic rings. The highest BCUT2D eigenvalue weighted by molar-refractivity contribution is 5.96. The third kappa shape index (κ3) is 6.95. The number of nitrogens with one attached hydrogen (secondary N) is 2. The number of hydrogen-bond acceptors (Lipinski definition) is 5. The third-order valence-corrected chi connectivity index (χ3v) is 4.22. The lowest BCUT2D eigenvalue weighted by Crippen LogP contribution is -2.36. The normalized spacial score (nSPS) is 12.4. The van der Waals surface area contributed by atoms with Gasteiger partial charge in [-0.2, -0.15) is 0 Å². The van der Waals surface area contributed by atoms with Crippen LogP contribution in [0.15, 0.2) is 54.6 Å². The van der Waals surface area contributed by atoms with Gasteiger partial charge in [0.25, 0.3) is 11.8 Å². The summed E-state index contributed by atoms with van der Waals surface area (Å²) in [5.41, 5.74) is 2.14. The Balaban J connectivity index is 1.79. The summed E-state index contributed by atoms with van der Waals surface area (Å²) in [6, 6.07) is 15.6. The highest BCUT2D eigenvalue weighted by Gasteiger charge is 2.20. The molecule has 29 heavy (non-hydrogen) atoms. The van der Waals surface area contributed by atoms with Crippen molar-refractivity contribution in [2.24, 2.45) is 0 Å². The van der Waals surface area contributed by atoms with Crippen LogP contribution in [0.1, 0.15) is 30.6 Å². The number of rotatable bonds is 8. The maximum Gasteiger partial charge on any atom is 0.308 e. The molecule has 2 amide bonds. The predicted molar refractivity (Wildman–Crippen MR) is 113 cm³/mol. The average Bonchev–Trinajstić information content (AvgIpc) is 2.68.